The van der Waals surface area contributed by atoms with Gasteiger partial charge in [-0.1, -0.05) is 0 Å². The second kappa shape index (κ2) is 4.20. The largest absolute Gasteiger partial charge is 0.444 e. The first-order chi connectivity index (χ1) is 6.70. The Morgan fingerprint density at radius 1 is 1.47 bits per heavy atom. The van der Waals surface area contributed by atoms with E-state index in [4.69, 9.17) is 16.3 Å². The maximum Gasteiger partial charge on any atom is 0.410 e. The van der Waals surface area contributed by atoms with Crippen LogP contribution in [0.3, 0.4) is 0 Å². The van der Waals surface area contributed by atoms with Crippen molar-refractivity contribution in [2.75, 3.05) is 13.1 Å². The number of ether oxygens (including phenoxy) is 1. The Morgan fingerprint density at radius 3 is 2.53 bits per heavy atom. The molecule has 1 saturated heterocycles. The van der Waals surface area contributed by atoms with E-state index in [0.29, 0.717) is 6.54 Å². The van der Waals surface area contributed by atoms with Crippen LogP contribution >= 0.6 is 11.6 Å². The minimum atomic E-state index is -0.433. The molecule has 1 aliphatic rings. The molecule has 4 heteroatoms. The predicted molar refractivity (Wildman–Crippen MR) is 61.3 cm³/mol. The summed E-state index contributed by atoms with van der Waals surface area (Å²) in [7, 11) is 0. The Labute approximate surface area is 96.7 Å². The molecule has 1 amide bonds. The Morgan fingerprint density at radius 2 is 2.07 bits per heavy atom. The van der Waals surface area contributed by atoms with E-state index in [-0.39, 0.29) is 11.0 Å². The van der Waals surface area contributed by atoms with Crippen LogP contribution in [0.1, 0.15) is 40.5 Å². The summed E-state index contributed by atoms with van der Waals surface area (Å²) in [6.45, 7) is 8.89. The zero-order chi connectivity index (χ0) is 11.7. The Kier molecular flexibility index (Phi) is 3.54. The topological polar surface area (TPSA) is 29.5 Å². The van der Waals surface area contributed by atoms with Crippen molar-refractivity contribution in [1.29, 1.82) is 0 Å². The number of hydrogen-bond donors (Lipinski definition) is 0. The highest BCUT2D eigenvalue weighted by Crippen LogP contribution is 2.27. The van der Waals surface area contributed by atoms with Gasteiger partial charge in [0.25, 0.3) is 0 Å². The van der Waals surface area contributed by atoms with Crippen LogP contribution in [0.2, 0.25) is 0 Å². The van der Waals surface area contributed by atoms with Crippen LogP contribution in [-0.4, -0.2) is 34.6 Å². The number of halogens is 1. The molecule has 1 heterocycles. The maximum atomic E-state index is 11.7. The Hall–Kier alpha value is -0.440. The van der Waals surface area contributed by atoms with Gasteiger partial charge in [-0.3, -0.25) is 0 Å². The van der Waals surface area contributed by atoms with Gasteiger partial charge in [-0.25, -0.2) is 4.79 Å². The molecule has 0 aromatic rings. The van der Waals surface area contributed by atoms with Gasteiger partial charge in [0.05, 0.1) is 4.87 Å². The van der Waals surface area contributed by atoms with E-state index in [1.54, 1.807) is 4.90 Å². The lowest BCUT2D eigenvalue weighted by atomic mass is 10.00. The van der Waals surface area contributed by atoms with Crippen LogP contribution in [0.5, 0.6) is 0 Å². The van der Waals surface area contributed by atoms with E-state index in [0.717, 1.165) is 19.4 Å². The van der Waals surface area contributed by atoms with Crippen molar-refractivity contribution in [3.8, 4) is 0 Å². The average Bonchev–Trinajstić information content (AvgIpc) is 1.99. The first-order valence-corrected chi connectivity index (χ1v) is 5.74. The van der Waals surface area contributed by atoms with Gasteiger partial charge in [-0.05, 0) is 40.5 Å². The SMILES string of the molecule is CC(C)(C)OC(=O)N1CCC[C@@](C)(Cl)C1. The highest BCUT2D eigenvalue weighted by Gasteiger charge is 2.33. The third-order valence-electron chi connectivity index (χ3n) is 2.30. The van der Waals surface area contributed by atoms with Gasteiger partial charge >= 0.3 is 6.09 Å². The van der Waals surface area contributed by atoms with Crippen molar-refractivity contribution in [1.82, 2.24) is 4.90 Å². The highest BCUT2D eigenvalue weighted by molar-refractivity contribution is 6.24. The number of hydrogen-bond acceptors (Lipinski definition) is 2. The minimum absolute atomic E-state index is 0.255. The van der Waals surface area contributed by atoms with E-state index in [9.17, 15) is 4.79 Å². The lowest BCUT2D eigenvalue weighted by Crippen LogP contribution is -2.47. The summed E-state index contributed by atoms with van der Waals surface area (Å²) in [5.41, 5.74) is -0.433. The van der Waals surface area contributed by atoms with Gasteiger partial charge in [0, 0.05) is 13.1 Å². The zero-order valence-corrected chi connectivity index (χ0v) is 10.7. The molecular weight excluding hydrogens is 214 g/mol. The summed E-state index contributed by atoms with van der Waals surface area (Å²) in [6, 6.07) is 0. The molecule has 0 bridgehead atoms. The molecule has 88 valence electrons. The quantitative estimate of drug-likeness (QED) is 0.602. The fourth-order valence-electron chi connectivity index (χ4n) is 1.68. The molecule has 0 radical (unpaired) electrons. The molecule has 0 aliphatic carbocycles. The normalized spacial score (nSPS) is 27.7. The molecule has 3 nitrogen and oxygen atoms in total. The van der Waals surface area contributed by atoms with Crippen LogP contribution in [0.4, 0.5) is 4.79 Å². The Bertz CT molecular complexity index is 245. The molecule has 0 aromatic heterocycles. The van der Waals surface area contributed by atoms with Gasteiger partial charge in [-0.15, -0.1) is 11.6 Å². The van der Waals surface area contributed by atoms with Gasteiger partial charge in [0.15, 0.2) is 0 Å². The van der Waals surface area contributed by atoms with Gasteiger partial charge < -0.3 is 9.64 Å². The second-order valence-corrected chi connectivity index (χ2v) is 6.33. The summed E-state index contributed by atoms with van der Waals surface area (Å²) in [6.07, 6.45) is 1.64. The predicted octanol–water partition coefficient (Wildman–Crippen LogP) is 3.01. The molecule has 0 saturated carbocycles. The summed E-state index contributed by atoms with van der Waals surface area (Å²) in [5, 5.41) is 0. The van der Waals surface area contributed by atoms with Crippen LogP contribution in [0, 0.1) is 0 Å². The highest BCUT2D eigenvalue weighted by atomic mass is 35.5. The van der Waals surface area contributed by atoms with E-state index < -0.39 is 5.60 Å². The van der Waals surface area contributed by atoms with Crippen molar-refractivity contribution in [2.45, 2.75) is 51.0 Å². The molecule has 1 aliphatic heterocycles. The van der Waals surface area contributed by atoms with Crippen molar-refractivity contribution in [2.24, 2.45) is 0 Å². The number of rotatable bonds is 0. The summed E-state index contributed by atoms with van der Waals surface area (Å²) >= 11 is 6.23. The molecule has 0 N–H and O–H groups in total. The van der Waals surface area contributed by atoms with E-state index >= 15 is 0 Å². The lowest BCUT2D eigenvalue weighted by Gasteiger charge is -2.37. The number of nitrogens with zero attached hydrogens (tertiary/aromatic N) is 1. The summed E-state index contributed by atoms with van der Waals surface area (Å²) < 4.78 is 5.30. The molecule has 1 rings (SSSR count). The van der Waals surface area contributed by atoms with Crippen LogP contribution in [0.15, 0.2) is 0 Å². The maximum absolute atomic E-state index is 11.7. The number of piperidine rings is 1. The smallest absolute Gasteiger partial charge is 0.410 e. The summed E-state index contributed by atoms with van der Waals surface area (Å²) in [4.78, 5) is 13.1. The molecule has 0 unspecified atom stereocenters. The molecule has 0 aromatic carbocycles. The standard InChI is InChI=1S/C11H20ClNO2/c1-10(2,3)15-9(14)13-7-5-6-11(4,12)8-13/h5-8H2,1-4H3/t11-/m1/s1. The zero-order valence-electron chi connectivity index (χ0n) is 9.97. The first kappa shape index (κ1) is 12.6. The number of carbonyl (C=O) groups is 1. The third kappa shape index (κ3) is 4.29. The van der Waals surface area contributed by atoms with Crippen molar-refractivity contribution < 1.29 is 9.53 Å². The van der Waals surface area contributed by atoms with Crippen molar-refractivity contribution in [3.05, 3.63) is 0 Å². The number of alkyl halides is 1. The molecule has 1 fully saturated rings. The van der Waals surface area contributed by atoms with Gasteiger partial charge in [-0.2, -0.15) is 0 Å². The fraction of sp³-hybridized carbons (Fsp3) is 0.909. The van der Waals surface area contributed by atoms with Crippen molar-refractivity contribution in [3.63, 3.8) is 0 Å². The average molecular weight is 234 g/mol. The summed E-state index contributed by atoms with van der Waals surface area (Å²) in [5.74, 6) is 0. The first-order valence-electron chi connectivity index (χ1n) is 5.36. The number of carbonyl (C=O) groups excluding carboxylic acids is 1. The minimum Gasteiger partial charge on any atom is -0.444 e. The number of likely N-dealkylation sites (tertiary alicyclic amines) is 1. The van der Waals surface area contributed by atoms with Crippen LogP contribution in [0.25, 0.3) is 0 Å². The molecular formula is C11H20ClNO2. The lowest BCUT2D eigenvalue weighted by molar-refractivity contribution is 0.0188. The van der Waals surface area contributed by atoms with Crippen LogP contribution in [-0.2, 0) is 4.74 Å². The van der Waals surface area contributed by atoms with Crippen molar-refractivity contribution >= 4 is 17.7 Å². The fourth-order valence-corrected chi connectivity index (χ4v) is 1.95. The van der Waals surface area contributed by atoms with Gasteiger partial charge in [0.2, 0.25) is 0 Å². The van der Waals surface area contributed by atoms with E-state index in [1.807, 2.05) is 27.7 Å². The molecule has 15 heavy (non-hydrogen) atoms. The molecule has 1 atom stereocenters. The monoisotopic (exact) mass is 233 g/mol. The third-order valence-corrected chi connectivity index (χ3v) is 2.61. The Balaban J connectivity index is 2.53. The van der Waals surface area contributed by atoms with E-state index in [2.05, 4.69) is 0 Å². The molecule has 0 spiro atoms. The van der Waals surface area contributed by atoms with Gasteiger partial charge in [0.1, 0.15) is 5.60 Å². The number of amides is 1. The van der Waals surface area contributed by atoms with Crippen LogP contribution < -0.4 is 0 Å². The van der Waals surface area contributed by atoms with E-state index in [1.165, 1.54) is 0 Å². The second-order valence-electron chi connectivity index (χ2n) is 5.42.